The van der Waals surface area contributed by atoms with Gasteiger partial charge in [0.25, 0.3) is 5.91 Å². The van der Waals surface area contributed by atoms with Gasteiger partial charge >= 0.3 is 5.09 Å². The molecule has 0 bridgehead atoms. The van der Waals surface area contributed by atoms with Crippen LogP contribution in [0.15, 0.2) is 44.3 Å². The number of aromatic nitrogens is 1. The third-order valence-corrected chi connectivity index (χ3v) is 7.25. The van der Waals surface area contributed by atoms with Gasteiger partial charge < -0.3 is 18.7 Å². The third kappa shape index (κ3) is 4.53. The van der Waals surface area contributed by atoms with Gasteiger partial charge in [0.1, 0.15) is 10.3 Å². The van der Waals surface area contributed by atoms with Crippen LogP contribution in [0.1, 0.15) is 68.8 Å². The number of amides is 1. The van der Waals surface area contributed by atoms with Crippen molar-refractivity contribution in [3.63, 3.8) is 0 Å². The molecule has 1 unspecified atom stereocenters. The summed E-state index contributed by atoms with van der Waals surface area (Å²) in [7, 11) is 0. The molecule has 0 aliphatic heterocycles. The Bertz CT molecular complexity index is 1050. The van der Waals surface area contributed by atoms with Crippen LogP contribution in [-0.2, 0) is 11.2 Å². The van der Waals surface area contributed by atoms with Crippen LogP contribution in [0, 0.1) is 0 Å². The highest BCUT2D eigenvalue weighted by molar-refractivity contribution is 7.92. The van der Waals surface area contributed by atoms with E-state index in [4.69, 9.17) is 20.4 Å². The van der Waals surface area contributed by atoms with E-state index in [9.17, 15) is 9.35 Å². The Morgan fingerprint density at radius 2 is 1.90 bits per heavy atom. The lowest BCUT2D eigenvalue weighted by Gasteiger charge is -2.27. The lowest BCUT2D eigenvalue weighted by atomic mass is 9.86. The number of halogens is 1. The number of benzene rings is 1. The quantitative estimate of drug-likeness (QED) is 0.537. The minimum atomic E-state index is -1.31. The van der Waals surface area contributed by atoms with Crippen molar-refractivity contribution >= 4 is 39.8 Å². The molecular formula is C22H25ClN2O4S. The van der Waals surface area contributed by atoms with E-state index >= 15 is 0 Å². The summed E-state index contributed by atoms with van der Waals surface area (Å²) >= 11 is 4.72. The van der Waals surface area contributed by atoms with Gasteiger partial charge in [-0.05, 0) is 70.7 Å². The zero-order valence-electron chi connectivity index (χ0n) is 17.2. The Morgan fingerprint density at radius 3 is 2.60 bits per heavy atom. The Hall–Kier alpha value is -1.96. The second kappa shape index (κ2) is 8.29. The van der Waals surface area contributed by atoms with Gasteiger partial charge in [-0.25, -0.2) is 4.98 Å². The molecule has 160 valence electrons. The molecule has 1 N–H and O–H groups in total. The van der Waals surface area contributed by atoms with Crippen molar-refractivity contribution < 1.29 is 18.2 Å². The van der Waals surface area contributed by atoms with E-state index in [0.29, 0.717) is 10.1 Å². The number of nitrogens with zero attached hydrogens (tertiary/aromatic N) is 1. The van der Waals surface area contributed by atoms with Crippen molar-refractivity contribution in [1.82, 2.24) is 10.3 Å². The topological polar surface area (TPSA) is 91.3 Å². The van der Waals surface area contributed by atoms with Crippen molar-refractivity contribution in [2.45, 2.75) is 68.3 Å². The molecule has 2 aromatic heterocycles. The van der Waals surface area contributed by atoms with Gasteiger partial charge in [0.05, 0.1) is 0 Å². The van der Waals surface area contributed by atoms with Gasteiger partial charge in [-0.2, -0.15) is 0 Å². The summed E-state index contributed by atoms with van der Waals surface area (Å²) in [6, 6.07) is 8.71. The summed E-state index contributed by atoms with van der Waals surface area (Å²) in [6.45, 7) is 5.61. The van der Waals surface area contributed by atoms with Gasteiger partial charge in [-0.1, -0.05) is 11.6 Å². The molecule has 0 saturated heterocycles. The first-order valence-electron chi connectivity index (χ1n) is 10.1. The number of oxazole rings is 1. The summed E-state index contributed by atoms with van der Waals surface area (Å²) in [6.07, 6.45) is 3.42. The van der Waals surface area contributed by atoms with Crippen molar-refractivity contribution in [3.8, 4) is 0 Å². The highest BCUT2D eigenvalue weighted by atomic mass is 35.5. The van der Waals surface area contributed by atoms with Crippen molar-refractivity contribution in [1.29, 1.82) is 0 Å². The van der Waals surface area contributed by atoms with Gasteiger partial charge in [0.15, 0.2) is 17.2 Å². The van der Waals surface area contributed by atoms with Crippen LogP contribution in [0.25, 0.3) is 11.1 Å². The highest BCUT2D eigenvalue weighted by Gasteiger charge is 2.32. The SMILES string of the molecule is CC(C)(C)[S+]([O-])c1ccc(C(=O)NC2CCC(c3nc4cc(Cl)ccc4o3)CC2)o1. The zero-order valence-corrected chi connectivity index (χ0v) is 18.8. The number of hydrogen-bond acceptors (Lipinski definition) is 5. The van der Waals surface area contributed by atoms with E-state index in [0.717, 1.165) is 42.7 Å². The van der Waals surface area contributed by atoms with Crippen LogP contribution in [-0.4, -0.2) is 26.2 Å². The monoisotopic (exact) mass is 448 g/mol. The molecule has 2 heterocycles. The number of nitrogens with one attached hydrogen (secondary N) is 1. The lowest BCUT2D eigenvalue weighted by molar-refractivity contribution is 0.0891. The number of rotatable bonds is 4. The Kier molecular flexibility index (Phi) is 5.88. The fourth-order valence-corrected chi connectivity index (χ4v) is 4.80. The first-order chi connectivity index (χ1) is 14.2. The maximum absolute atomic E-state index is 12.6. The van der Waals surface area contributed by atoms with Gasteiger partial charge in [-0.3, -0.25) is 4.79 Å². The summed E-state index contributed by atoms with van der Waals surface area (Å²) < 4.78 is 23.4. The van der Waals surface area contributed by atoms with Gasteiger partial charge in [0.2, 0.25) is 0 Å². The van der Waals surface area contributed by atoms with E-state index in [1.165, 1.54) is 0 Å². The van der Waals surface area contributed by atoms with Gasteiger partial charge in [-0.15, -0.1) is 0 Å². The smallest absolute Gasteiger partial charge is 0.312 e. The number of carbonyl (C=O) groups is 1. The van der Waals surface area contributed by atoms with Crippen LogP contribution in [0.5, 0.6) is 0 Å². The molecule has 1 aromatic carbocycles. The fourth-order valence-electron chi connectivity index (χ4n) is 3.68. The predicted molar refractivity (Wildman–Crippen MR) is 116 cm³/mol. The third-order valence-electron chi connectivity index (χ3n) is 5.32. The Morgan fingerprint density at radius 1 is 1.17 bits per heavy atom. The molecule has 30 heavy (non-hydrogen) atoms. The number of hydrogen-bond donors (Lipinski definition) is 1. The molecule has 0 spiro atoms. The van der Waals surface area contributed by atoms with E-state index < -0.39 is 15.9 Å². The molecule has 4 rings (SSSR count). The minimum Gasteiger partial charge on any atom is -0.609 e. The van der Waals surface area contributed by atoms with Crippen LogP contribution < -0.4 is 5.32 Å². The Labute approximate surface area is 183 Å². The van der Waals surface area contributed by atoms with Crippen LogP contribution in [0.3, 0.4) is 0 Å². The second-order valence-electron chi connectivity index (χ2n) is 8.69. The van der Waals surface area contributed by atoms with Crippen LogP contribution in [0.2, 0.25) is 5.02 Å². The predicted octanol–water partition coefficient (Wildman–Crippen LogP) is 5.44. The van der Waals surface area contributed by atoms with Crippen molar-refractivity contribution in [2.75, 3.05) is 0 Å². The maximum Gasteiger partial charge on any atom is 0.312 e. The van der Waals surface area contributed by atoms with E-state index in [1.807, 2.05) is 26.8 Å². The minimum absolute atomic E-state index is 0.0641. The molecule has 1 fully saturated rings. The van der Waals surface area contributed by atoms with Gasteiger partial charge in [0, 0.05) is 34.2 Å². The standard InChI is InChI=1S/C22H25ClN2O4S/c1-22(2,3)30(27)19-11-10-18(28-19)20(26)24-15-7-4-13(5-8-15)21-25-16-12-14(23)6-9-17(16)29-21/h6,9-13,15H,4-5,7-8H2,1-3H3,(H,24,26). The number of fused-ring (bicyclic) bond motifs is 1. The normalized spacial score (nSPS) is 21.0. The first-order valence-corrected chi connectivity index (χ1v) is 11.6. The molecule has 0 radical (unpaired) electrons. The summed E-state index contributed by atoms with van der Waals surface area (Å²) in [5, 5.41) is 4.00. The number of carbonyl (C=O) groups excluding carboxylic acids is 1. The molecule has 1 aliphatic carbocycles. The lowest BCUT2D eigenvalue weighted by Crippen LogP contribution is -2.37. The second-order valence-corrected chi connectivity index (χ2v) is 11.3. The molecule has 1 aliphatic rings. The first kappa shape index (κ1) is 21.3. The highest BCUT2D eigenvalue weighted by Crippen LogP contribution is 2.34. The van der Waals surface area contributed by atoms with Crippen LogP contribution in [0.4, 0.5) is 0 Å². The Balaban J connectivity index is 1.34. The molecular weight excluding hydrogens is 424 g/mol. The maximum atomic E-state index is 12.6. The van der Waals surface area contributed by atoms with E-state index in [2.05, 4.69) is 10.3 Å². The average molecular weight is 449 g/mol. The molecule has 8 heteroatoms. The molecule has 1 amide bonds. The van der Waals surface area contributed by atoms with E-state index in [-0.39, 0.29) is 23.6 Å². The fraction of sp³-hybridized carbons (Fsp3) is 0.455. The van der Waals surface area contributed by atoms with Crippen LogP contribution >= 0.6 is 11.6 Å². The number of furan rings is 1. The summed E-state index contributed by atoms with van der Waals surface area (Å²) in [5.41, 5.74) is 1.51. The largest absolute Gasteiger partial charge is 0.609 e. The molecule has 1 saturated carbocycles. The molecule has 1 atom stereocenters. The van der Waals surface area contributed by atoms with Crippen molar-refractivity contribution in [3.05, 3.63) is 47.0 Å². The van der Waals surface area contributed by atoms with E-state index in [1.54, 1.807) is 24.3 Å². The molecule has 6 nitrogen and oxygen atoms in total. The molecule has 3 aromatic rings. The summed E-state index contributed by atoms with van der Waals surface area (Å²) in [5.74, 6) is 0.888. The zero-order chi connectivity index (χ0) is 21.5. The average Bonchev–Trinajstić information content (AvgIpc) is 3.34. The summed E-state index contributed by atoms with van der Waals surface area (Å²) in [4.78, 5) is 17.1. The van der Waals surface area contributed by atoms with Crippen molar-refractivity contribution in [2.24, 2.45) is 0 Å².